The molecule has 1 aromatic heterocycles. The van der Waals surface area contributed by atoms with Gasteiger partial charge in [0.2, 0.25) is 0 Å². The lowest BCUT2D eigenvalue weighted by molar-refractivity contribution is 0.0946. The number of fused-ring (bicyclic) bond motifs is 1. The zero-order chi connectivity index (χ0) is 18.5. The molecule has 0 aliphatic carbocycles. The van der Waals surface area contributed by atoms with E-state index in [9.17, 15) is 9.59 Å². The first-order valence-electron chi connectivity index (χ1n) is 8.68. The highest BCUT2D eigenvalue weighted by molar-refractivity contribution is 6.30. The van der Waals surface area contributed by atoms with Crippen LogP contribution in [0.4, 0.5) is 4.79 Å². The molecule has 0 spiro atoms. The molecular formula is C18H22ClN5O2. The lowest BCUT2D eigenvalue weighted by Gasteiger charge is -2.19. The smallest absolute Gasteiger partial charge is 0.317 e. The van der Waals surface area contributed by atoms with Crippen LogP contribution in [0.2, 0.25) is 5.02 Å². The van der Waals surface area contributed by atoms with E-state index in [0.717, 1.165) is 11.4 Å². The van der Waals surface area contributed by atoms with Crippen LogP contribution in [0, 0.1) is 0 Å². The van der Waals surface area contributed by atoms with E-state index >= 15 is 0 Å². The Hall–Kier alpha value is -2.54. The topological polar surface area (TPSA) is 79.3 Å². The molecule has 0 bridgehead atoms. The number of rotatable bonds is 4. The van der Waals surface area contributed by atoms with E-state index in [1.54, 1.807) is 17.2 Å². The van der Waals surface area contributed by atoms with E-state index in [4.69, 9.17) is 11.6 Å². The predicted molar refractivity (Wildman–Crippen MR) is 99.2 cm³/mol. The van der Waals surface area contributed by atoms with E-state index in [2.05, 4.69) is 15.6 Å². The second-order valence-corrected chi connectivity index (χ2v) is 6.56. The molecule has 26 heavy (non-hydrogen) atoms. The summed E-state index contributed by atoms with van der Waals surface area (Å²) in [7, 11) is 0. The fraction of sp³-hybridized carbons (Fsp3) is 0.389. The minimum Gasteiger partial charge on any atom is -0.347 e. The largest absolute Gasteiger partial charge is 0.347 e. The number of carbonyl (C=O) groups is 2. The molecule has 0 saturated carbocycles. The van der Waals surface area contributed by atoms with Crippen molar-refractivity contribution in [3.05, 3.63) is 52.6 Å². The molecule has 138 valence electrons. The van der Waals surface area contributed by atoms with Gasteiger partial charge < -0.3 is 20.1 Å². The standard InChI is InChI=1S/C18H22ClN5O2/c1-2-20-18(26)23-7-6-16-22-15(12-24(16)9-8-23)17(25)21-11-13-4-3-5-14(19)10-13/h3-5,10,12H,2,6-9,11H2,1H3,(H,20,26)(H,21,25). The maximum absolute atomic E-state index is 12.4. The molecule has 1 aliphatic rings. The molecule has 0 unspecified atom stereocenters. The van der Waals surface area contributed by atoms with Crippen LogP contribution in [0.25, 0.3) is 0 Å². The summed E-state index contributed by atoms with van der Waals surface area (Å²) in [4.78, 5) is 30.5. The van der Waals surface area contributed by atoms with Gasteiger partial charge in [-0.2, -0.15) is 0 Å². The van der Waals surface area contributed by atoms with Crippen LogP contribution < -0.4 is 10.6 Å². The number of aromatic nitrogens is 2. The second-order valence-electron chi connectivity index (χ2n) is 6.12. The van der Waals surface area contributed by atoms with Crippen molar-refractivity contribution in [2.45, 2.75) is 26.4 Å². The average molecular weight is 376 g/mol. The minimum absolute atomic E-state index is 0.0576. The van der Waals surface area contributed by atoms with Gasteiger partial charge >= 0.3 is 6.03 Å². The average Bonchev–Trinajstić information content (AvgIpc) is 2.93. The molecule has 1 aliphatic heterocycles. The van der Waals surface area contributed by atoms with Crippen molar-refractivity contribution in [3.8, 4) is 0 Å². The summed E-state index contributed by atoms with van der Waals surface area (Å²) in [6.45, 7) is 4.71. The zero-order valence-electron chi connectivity index (χ0n) is 14.7. The second kappa shape index (κ2) is 8.23. The normalized spacial score (nSPS) is 13.7. The third kappa shape index (κ3) is 4.35. The first-order valence-corrected chi connectivity index (χ1v) is 9.06. The predicted octanol–water partition coefficient (Wildman–Crippen LogP) is 2.05. The number of halogens is 1. The number of nitrogens with zero attached hydrogens (tertiary/aromatic N) is 3. The third-order valence-electron chi connectivity index (χ3n) is 4.27. The molecule has 2 heterocycles. The number of urea groups is 1. The van der Waals surface area contributed by atoms with Crippen LogP contribution >= 0.6 is 11.6 Å². The maximum atomic E-state index is 12.4. The van der Waals surface area contributed by atoms with E-state index in [-0.39, 0.29) is 11.9 Å². The molecule has 1 aromatic carbocycles. The Bertz CT molecular complexity index is 779. The van der Waals surface area contributed by atoms with Gasteiger partial charge in [-0.05, 0) is 24.6 Å². The first-order chi connectivity index (χ1) is 12.6. The number of amides is 3. The van der Waals surface area contributed by atoms with Crippen molar-refractivity contribution < 1.29 is 9.59 Å². The first kappa shape index (κ1) is 18.3. The number of carbonyl (C=O) groups excluding carboxylic acids is 2. The van der Waals surface area contributed by atoms with Crippen molar-refractivity contribution in [1.82, 2.24) is 25.1 Å². The van der Waals surface area contributed by atoms with Crippen molar-refractivity contribution in [2.24, 2.45) is 0 Å². The zero-order valence-corrected chi connectivity index (χ0v) is 15.4. The molecule has 0 fully saturated rings. The maximum Gasteiger partial charge on any atom is 0.317 e. The summed E-state index contributed by atoms with van der Waals surface area (Å²) in [6, 6.07) is 7.31. The number of nitrogens with one attached hydrogen (secondary N) is 2. The quantitative estimate of drug-likeness (QED) is 0.858. The van der Waals surface area contributed by atoms with Gasteiger partial charge in [-0.1, -0.05) is 23.7 Å². The fourth-order valence-electron chi connectivity index (χ4n) is 2.92. The Labute approximate surface area is 157 Å². The Morgan fingerprint density at radius 1 is 1.23 bits per heavy atom. The molecule has 8 heteroatoms. The van der Waals surface area contributed by atoms with Crippen molar-refractivity contribution in [3.63, 3.8) is 0 Å². The van der Waals surface area contributed by atoms with Gasteiger partial charge in [-0.3, -0.25) is 4.79 Å². The number of hydrogen-bond acceptors (Lipinski definition) is 3. The van der Waals surface area contributed by atoms with Gasteiger partial charge in [0, 0.05) is 50.4 Å². The number of hydrogen-bond donors (Lipinski definition) is 2. The van der Waals surface area contributed by atoms with Crippen LogP contribution in [-0.4, -0.2) is 46.0 Å². The van der Waals surface area contributed by atoms with E-state index < -0.39 is 0 Å². The highest BCUT2D eigenvalue weighted by Gasteiger charge is 2.21. The summed E-state index contributed by atoms with van der Waals surface area (Å²) in [5, 5.41) is 6.32. The third-order valence-corrected chi connectivity index (χ3v) is 4.50. The summed E-state index contributed by atoms with van der Waals surface area (Å²) < 4.78 is 1.95. The summed E-state index contributed by atoms with van der Waals surface area (Å²) in [6.07, 6.45) is 2.38. The van der Waals surface area contributed by atoms with E-state index in [1.807, 2.05) is 29.7 Å². The molecule has 3 rings (SSSR count). The Morgan fingerprint density at radius 2 is 2.08 bits per heavy atom. The number of imidazole rings is 1. The van der Waals surface area contributed by atoms with Gasteiger partial charge in [0.1, 0.15) is 11.5 Å². The van der Waals surface area contributed by atoms with Gasteiger partial charge in [-0.25, -0.2) is 9.78 Å². The van der Waals surface area contributed by atoms with Crippen molar-refractivity contribution >= 4 is 23.5 Å². The molecule has 2 N–H and O–H groups in total. The Kier molecular flexibility index (Phi) is 5.78. The van der Waals surface area contributed by atoms with Crippen LogP contribution in [0.5, 0.6) is 0 Å². The van der Waals surface area contributed by atoms with Gasteiger partial charge in [0.15, 0.2) is 0 Å². The summed E-state index contributed by atoms with van der Waals surface area (Å²) in [5.74, 6) is 0.607. The highest BCUT2D eigenvalue weighted by atomic mass is 35.5. The minimum atomic E-state index is -0.217. The Morgan fingerprint density at radius 3 is 2.85 bits per heavy atom. The fourth-order valence-corrected chi connectivity index (χ4v) is 3.13. The Balaban J connectivity index is 1.60. The monoisotopic (exact) mass is 375 g/mol. The van der Waals surface area contributed by atoms with Crippen molar-refractivity contribution in [2.75, 3.05) is 19.6 Å². The van der Waals surface area contributed by atoms with Crippen LogP contribution in [0.3, 0.4) is 0 Å². The molecule has 0 atom stereocenters. The van der Waals surface area contributed by atoms with Gasteiger partial charge in [0.05, 0.1) is 0 Å². The molecule has 0 saturated heterocycles. The van der Waals surface area contributed by atoms with E-state index in [1.165, 1.54) is 0 Å². The van der Waals surface area contributed by atoms with Gasteiger partial charge in [0.25, 0.3) is 5.91 Å². The SMILES string of the molecule is CCNC(=O)N1CCc2nc(C(=O)NCc3cccc(Cl)c3)cn2CC1. The lowest BCUT2D eigenvalue weighted by atomic mass is 10.2. The van der Waals surface area contributed by atoms with Crippen LogP contribution in [0.1, 0.15) is 28.8 Å². The van der Waals surface area contributed by atoms with Gasteiger partial charge in [-0.15, -0.1) is 0 Å². The summed E-state index contributed by atoms with van der Waals surface area (Å²) in [5.41, 5.74) is 1.33. The molecule has 0 radical (unpaired) electrons. The van der Waals surface area contributed by atoms with Crippen molar-refractivity contribution in [1.29, 1.82) is 0 Å². The van der Waals surface area contributed by atoms with E-state index in [0.29, 0.717) is 49.9 Å². The molecule has 7 nitrogen and oxygen atoms in total. The molecule has 3 amide bonds. The molecule has 2 aromatic rings. The molecular weight excluding hydrogens is 354 g/mol. The van der Waals surface area contributed by atoms with Crippen LogP contribution in [-0.2, 0) is 19.5 Å². The lowest BCUT2D eigenvalue weighted by Crippen LogP contribution is -2.41. The summed E-state index contributed by atoms with van der Waals surface area (Å²) >= 11 is 5.95. The number of benzene rings is 1. The highest BCUT2D eigenvalue weighted by Crippen LogP contribution is 2.12. The van der Waals surface area contributed by atoms with Crippen LogP contribution in [0.15, 0.2) is 30.5 Å².